The van der Waals surface area contributed by atoms with Gasteiger partial charge in [-0.2, -0.15) is 26.3 Å². The summed E-state index contributed by atoms with van der Waals surface area (Å²) in [6.45, 7) is 6.96. The largest absolute Gasteiger partial charge is 1.00 e. The second kappa shape index (κ2) is 25.5. The topological polar surface area (TPSA) is 198 Å². The van der Waals surface area contributed by atoms with Crippen molar-refractivity contribution in [2.75, 3.05) is 68.8 Å². The first-order valence-electron chi connectivity index (χ1n) is 20.1. The molecule has 14 nitrogen and oxygen atoms in total. The predicted molar refractivity (Wildman–Crippen MR) is 233 cm³/mol. The Bertz CT molecular complexity index is 2300. The molecular weight excluding hydrogens is 932 g/mol. The Labute approximate surface area is 405 Å². The third-order valence-corrected chi connectivity index (χ3v) is 10.9. The smallest absolute Gasteiger partial charge is 0.870 e. The number of nitrogens with zero attached hydrogens (tertiary/aromatic N) is 6. The van der Waals surface area contributed by atoms with Gasteiger partial charge in [-0.1, -0.05) is 47.5 Å². The van der Waals surface area contributed by atoms with E-state index in [1.165, 1.54) is 13.8 Å². The Morgan fingerprint density at radius 1 is 0.687 bits per heavy atom. The van der Waals surface area contributed by atoms with Crippen molar-refractivity contribution in [3.63, 3.8) is 0 Å². The van der Waals surface area contributed by atoms with Crippen LogP contribution in [0.3, 0.4) is 0 Å². The van der Waals surface area contributed by atoms with E-state index in [-0.39, 0.29) is 109 Å². The number of aliphatic carboxylic acids is 1. The number of Topliss-reactive ketones (excluding diaryl/α,β-unsaturated/α-hetero) is 2. The summed E-state index contributed by atoms with van der Waals surface area (Å²) in [6, 6.07) is 15.4. The Hall–Kier alpha value is -4.78. The Morgan fingerprint density at radius 3 is 1.39 bits per heavy atom. The van der Waals surface area contributed by atoms with Crippen molar-refractivity contribution in [2.24, 2.45) is 0 Å². The van der Waals surface area contributed by atoms with Gasteiger partial charge in [0.05, 0.1) is 42.9 Å². The maximum absolute atomic E-state index is 13.3. The van der Waals surface area contributed by atoms with Crippen LogP contribution in [0.4, 0.5) is 38.0 Å². The van der Waals surface area contributed by atoms with E-state index in [0.29, 0.717) is 55.1 Å². The number of ketones is 2. The Balaban J connectivity index is 0.000000441. The molecule has 2 aromatic carbocycles. The summed E-state index contributed by atoms with van der Waals surface area (Å²) in [5, 5.41) is 10.2. The molecule has 2 aliphatic heterocycles. The van der Waals surface area contributed by atoms with Crippen molar-refractivity contribution in [3.8, 4) is 0 Å². The fourth-order valence-electron chi connectivity index (χ4n) is 7.62. The van der Waals surface area contributed by atoms with Crippen LogP contribution in [0.2, 0.25) is 10.0 Å². The molecule has 0 saturated carbocycles. The zero-order chi connectivity index (χ0) is 46.9. The van der Waals surface area contributed by atoms with Crippen LogP contribution in [0.15, 0.2) is 73.1 Å². The van der Waals surface area contributed by atoms with E-state index < -0.39 is 29.4 Å². The number of hydrogen-bond acceptors (Lipinski definition) is 12. The van der Waals surface area contributed by atoms with E-state index in [0.717, 1.165) is 35.7 Å². The minimum atomic E-state index is -4.58. The number of carbonyl (C=O) groups excluding carboxylic acids is 3. The zero-order valence-electron chi connectivity index (χ0n) is 37.0. The Morgan fingerprint density at radius 2 is 1.06 bits per heavy atom. The van der Waals surface area contributed by atoms with E-state index in [1.54, 1.807) is 48.2 Å². The van der Waals surface area contributed by atoms with Gasteiger partial charge in [0, 0.05) is 85.7 Å². The number of rotatable bonds is 13. The molecule has 2 atom stereocenters. The second-order valence-electron chi connectivity index (χ2n) is 15.4. The normalized spacial score (nSPS) is 16.6. The molecule has 23 heteroatoms. The summed E-state index contributed by atoms with van der Waals surface area (Å²) >= 11 is 12.0. The van der Waals surface area contributed by atoms with Crippen molar-refractivity contribution < 1.29 is 85.2 Å². The van der Waals surface area contributed by atoms with Crippen LogP contribution in [-0.4, -0.2) is 118 Å². The van der Waals surface area contributed by atoms with Crippen molar-refractivity contribution in [2.45, 2.75) is 58.0 Å². The number of piperazine rings is 2. The molecule has 0 aliphatic carbocycles. The molecule has 2 unspecified atom stereocenters. The van der Waals surface area contributed by atoms with E-state index in [4.69, 9.17) is 33.0 Å². The number of carboxylic acids is 1. The van der Waals surface area contributed by atoms with Gasteiger partial charge in [0.1, 0.15) is 23.2 Å². The summed E-state index contributed by atoms with van der Waals surface area (Å²) in [7, 11) is 0. The van der Waals surface area contributed by atoms with Gasteiger partial charge in [0.2, 0.25) is 0 Å². The third kappa shape index (κ3) is 16.5. The van der Waals surface area contributed by atoms with Crippen LogP contribution >= 0.6 is 23.2 Å². The molecule has 2 saturated heterocycles. The number of pyridine rings is 2. The first-order valence-corrected chi connectivity index (χ1v) is 20.9. The van der Waals surface area contributed by atoms with Crippen molar-refractivity contribution in [1.82, 2.24) is 19.8 Å². The first kappa shape index (κ1) is 58.3. The van der Waals surface area contributed by atoms with Crippen molar-refractivity contribution in [3.05, 3.63) is 116 Å². The predicted octanol–water partition coefficient (Wildman–Crippen LogP) is 4.15. The quantitative estimate of drug-likeness (QED) is 0.114. The van der Waals surface area contributed by atoms with E-state index in [2.05, 4.69) is 9.97 Å². The van der Waals surface area contributed by atoms with Gasteiger partial charge < -0.3 is 30.6 Å². The zero-order valence-corrected chi connectivity index (χ0v) is 38.5. The van der Waals surface area contributed by atoms with Crippen LogP contribution < -0.4 is 28.7 Å². The number of hydrogen-bond donors (Lipinski definition) is 1. The molecule has 0 bridgehead atoms. The minimum Gasteiger partial charge on any atom is -0.870 e. The molecule has 4 aromatic rings. The van der Waals surface area contributed by atoms with Crippen molar-refractivity contribution in [1.29, 1.82) is 0 Å². The summed E-state index contributed by atoms with van der Waals surface area (Å²) in [6.07, 6.45) is -7.93. The number of halogens is 8. The fourth-order valence-corrected chi connectivity index (χ4v) is 7.88. The van der Waals surface area contributed by atoms with Gasteiger partial charge in [-0.3, -0.25) is 29.0 Å². The SMILES string of the molecule is CC(=O)Cc1cc(C(F)(F)F)cnc1N1CCN(CC(=O)O)CC1c1ccc(Cl)cc1.CCOC(=O)CN1CCN(c2ncc(C(F)(F)F)cc2CC(C)=O)C(c2ccc(Cl)cc2)C1.O.[Li+].[OH-]. The van der Waals surface area contributed by atoms with E-state index in [1.807, 2.05) is 26.8 Å². The second-order valence-corrected chi connectivity index (χ2v) is 16.2. The van der Waals surface area contributed by atoms with Crippen molar-refractivity contribution >= 4 is 58.3 Å². The average Bonchev–Trinajstić information content (AvgIpc) is 3.20. The summed E-state index contributed by atoms with van der Waals surface area (Å²) in [5.41, 5.74) is 0.271. The maximum atomic E-state index is 13.3. The third-order valence-electron chi connectivity index (χ3n) is 10.4. The van der Waals surface area contributed by atoms with E-state index in [9.17, 15) is 45.5 Å². The van der Waals surface area contributed by atoms with Gasteiger partial charge in [-0.15, -0.1) is 0 Å². The fraction of sp³-hybridized carbons (Fsp3) is 0.409. The molecular formula is C44H49Cl2F6LiN6O8. The molecule has 2 fully saturated rings. The molecule has 0 radical (unpaired) electrons. The molecule has 2 aromatic heterocycles. The van der Waals surface area contributed by atoms with Crippen LogP contribution in [0, 0.1) is 0 Å². The summed E-state index contributed by atoms with van der Waals surface area (Å²) in [5.74, 6) is -1.23. The minimum absolute atomic E-state index is 0. The number of carbonyl (C=O) groups is 4. The van der Waals surface area contributed by atoms with Crippen LogP contribution in [-0.2, 0) is 49.1 Å². The molecule has 0 spiro atoms. The number of alkyl halides is 6. The maximum Gasteiger partial charge on any atom is 1.00 e. The molecule has 360 valence electrons. The van der Waals surface area contributed by atoms with E-state index >= 15 is 0 Å². The molecule has 4 N–H and O–H groups in total. The summed E-state index contributed by atoms with van der Waals surface area (Å²) in [4.78, 5) is 62.4. The molecule has 6 rings (SSSR count). The van der Waals surface area contributed by atoms with Gasteiger partial charge in [-0.05, 0) is 68.3 Å². The van der Waals surface area contributed by atoms with Gasteiger partial charge in [0.25, 0.3) is 0 Å². The van der Waals surface area contributed by atoms with Crippen LogP contribution in [0.5, 0.6) is 0 Å². The number of benzene rings is 2. The monoisotopic (exact) mass is 980 g/mol. The molecule has 67 heavy (non-hydrogen) atoms. The van der Waals surface area contributed by atoms with Crippen LogP contribution in [0.1, 0.15) is 66.2 Å². The molecule has 4 heterocycles. The standard InChI is InChI=1S/C23H25ClF3N3O3.C21H21ClF3N3O3.Li.2H2O/c1-3-33-21(32)14-29-8-9-30(20(13-29)16-4-6-19(24)7-5-16)22-17(10-15(2)31)11-18(12-28-22)23(25,26)27;1-13(29)8-15-9-16(21(23,24)25)10-26-20(15)28-7-6-27(12-19(30)31)11-18(28)14-2-4-17(22)5-3-14;;;/h4-7,11-12,20H,3,8-10,13-14H2,1-2H3;2-5,9-10,18H,6-8,11-12H2,1H3,(H,30,31);;2*1H2/q;;+1;;/p-1. The van der Waals surface area contributed by atoms with Gasteiger partial charge >= 0.3 is 43.2 Å². The number of anilines is 2. The van der Waals surface area contributed by atoms with Gasteiger partial charge in [0.15, 0.2) is 0 Å². The summed E-state index contributed by atoms with van der Waals surface area (Å²) < 4.78 is 84.6. The number of esters is 1. The first-order chi connectivity index (χ1) is 30.1. The van der Waals surface area contributed by atoms with Gasteiger partial charge in [-0.25, -0.2) is 9.97 Å². The number of aromatic nitrogens is 2. The number of ether oxygens (including phenoxy) is 1. The molecule has 2 aliphatic rings. The number of carboxylic acid groups (broad SMARTS) is 1. The average molecular weight is 982 g/mol. The Kier molecular flexibility index (Phi) is 22.2. The molecule has 0 amide bonds. The van der Waals surface area contributed by atoms with Crippen LogP contribution in [0.25, 0.3) is 0 Å².